The Morgan fingerprint density at radius 3 is 2.75 bits per heavy atom. The Kier molecular flexibility index (Phi) is 3.90. The van der Waals surface area contributed by atoms with Crippen LogP contribution in [0.15, 0.2) is 52.9 Å². The molecule has 0 saturated carbocycles. The summed E-state index contributed by atoms with van der Waals surface area (Å²) in [5.41, 5.74) is 4.63. The van der Waals surface area contributed by atoms with E-state index in [0.29, 0.717) is 5.56 Å². The van der Waals surface area contributed by atoms with Crippen molar-refractivity contribution >= 4 is 45.6 Å². The van der Waals surface area contributed by atoms with Crippen LogP contribution in [0.25, 0.3) is 16.7 Å². The highest BCUT2D eigenvalue weighted by Gasteiger charge is 2.23. The highest BCUT2D eigenvalue weighted by molar-refractivity contribution is 8.01. The third kappa shape index (κ3) is 2.36. The second-order valence-corrected chi connectivity index (χ2v) is 8.09. The van der Waals surface area contributed by atoms with Gasteiger partial charge in [-0.15, -0.1) is 23.1 Å². The fraction of sp³-hybridized carbons (Fsp3) is 0.158. The monoisotopic (exact) mass is 352 g/mol. The van der Waals surface area contributed by atoms with Crippen LogP contribution in [0, 0.1) is 6.92 Å². The van der Waals surface area contributed by atoms with Gasteiger partial charge in [0.25, 0.3) is 0 Å². The van der Waals surface area contributed by atoms with Gasteiger partial charge in [0.15, 0.2) is 0 Å². The van der Waals surface area contributed by atoms with E-state index in [1.807, 2.05) is 42.6 Å². The molecule has 0 unspecified atom stereocenters. The lowest BCUT2D eigenvalue weighted by Gasteiger charge is -2.00. The predicted molar refractivity (Wildman–Crippen MR) is 102 cm³/mol. The lowest BCUT2D eigenvalue weighted by Crippen LogP contribution is -1.98. The van der Waals surface area contributed by atoms with E-state index in [0.717, 1.165) is 37.1 Å². The van der Waals surface area contributed by atoms with Crippen LogP contribution in [0.3, 0.4) is 0 Å². The van der Waals surface area contributed by atoms with Crippen LogP contribution in [0.5, 0.6) is 0 Å². The Morgan fingerprint density at radius 2 is 2.00 bits per heavy atom. The predicted octanol–water partition coefficient (Wildman–Crippen LogP) is 5.20. The Balaban J connectivity index is 2.01. The molecule has 0 radical (unpaired) electrons. The van der Waals surface area contributed by atoms with E-state index in [9.17, 15) is 4.79 Å². The summed E-state index contributed by atoms with van der Waals surface area (Å²) in [5.74, 6) is 1.02. The summed E-state index contributed by atoms with van der Waals surface area (Å²) in [7, 11) is 0. The lowest BCUT2D eigenvalue weighted by molar-refractivity contribution is 0.104. The van der Waals surface area contributed by atoms with Crippen molar-refractivity contribution in [2.75, 3.05) is 5.75 Å². The van der Waals surface area contributed by atoms with Crippen molar-refractivity contribution in [1.82, 2.24) is 9.38 Å². The van der Waals surface area contributed by atoms with Crippen molar-refractivity contribution in [2.45, 2.75) is 18.1 Å². The van der Waals surface area contributed by atoms with E-state index >= 15 is 0 Å². The average molecular weight is 352 g/mol. The number of thioether (sulfide) groups is 1. The fourth-order valence-electron chi connectivity index (χ4n) is 2.85. The number of ketones is 1. The van der Waals surface area contributed by atoms with Crippen LogP contribution >= 0.6 is 23.1 Å². The van der Waals surface area contributed by atoms with Gasteiger partial charge in [-0.05, 0) is 24.3 Å². The molecule has 0 atom stereocenters. The maximum atomic E-state index is 13.0. The van der Waals surface area contributed by atoms with Crippen LogP contribution in [0.2, 0.25) is 0 Å². The summed E-state index contributed by atoms with van der Waals surface area (Å²) in [6.45, 7) is 4.18. The van der Waals surface area contributed by atoms with Crippen molar-refractivity contribution < 1.29 is 4.79 Å². The van der Waals surface area contributed by atoms with Gasteiger partial charge in [-0.3, -0.25) is 9.20 Å². The number of carbonyl (C=O) groups is 1. The van der Waals surface area contributed by atoms with Gasteiger partial charge in [0.1, 0.15) is 16.0 Å². The summed E-state index contributed by atoms with van der Waals surface area (Å²) >= 11 is 3.33. The van der Waals surface area contributed by atoms with Gasteiger partial charge in [-0.2, -0.15) is 0 Å². The van der Waals surface area contributed by atoms with Crippen LogP contribution < -0.4 is 0 Å². The number of nitrogens with zero attached hydrogens (tertiary/aromatic N) is 2. The van der Waals surface area contributed by atoms with E-state index in [1.165, 1.54) is 0 Å². The number of benzene rings is 1. The third-order valence-corrected chi connectivity index (χ3v) is 6.28. The number of aryl methyl sites for hydroxylation is 1. The smallest absolute Gasteiger partial charge is 0.205 e. The molecule has 4 rings (SSSR count). The molecule has 5 heteroatoms. The zero-order valence-corrected chi connectivity index (χ0v) is 15.1. The molecule has 0 N–H and O–H groups in total. The standard InChI is InChI=1S/C19H16N2OS2/c1-3-23-19-15-14(20-18-12(2)8-7-11-21(15)18)17(24-19)16(22)13-9-5-4-6-10-13/h4-11H,3H2,1-2H3. The SMILES string of the molecule is CCSc1sc(C(=O)c2ccccc2)c2nc3c(C)cccn3c12. The van der Waals surface area contributed by atoms with Gasteiger partial charge in [0, 0.05) is 11.8 Å². The number of aromatic nitrogens is 2. The van der Waals surface area contributed by atoms with Crippen LogP contribution in [0.4, 0.5) is 0 Å². The first-order valence-corrected chi connectivity index (χ1v) is 9.63. The molecule has 120 valence electrons. The molecule has 1 aromatic carbocycles. The number of hydrogen-bond donors (Lipinski definition) is 0. The Morgan fingerprint density at radius 1 is 1.21 bits per heavy atom. The van der Waals surface area contributed by atoms with Gasteiger partial charge in [-0.25, -0.2) is 4.98 Å². The number of hydrogen-bond acceptors (Lipinski definition) is 4. The van der Waals surface area contributed by atoms with Crippen molar-refractivity contribution in [2.24, 2.45) is 0 Å². The second-order valence-electron chi connectivity index (χ2n) is 5.54. The minimum absolute atomic E-state index is 0.0506. The molecule has 4 aromatic rings. The number of rotatable bonds is 4. The van der Waals surface area contributed by atoms with Crippen LogP contribution in [-0.4, -0.2) is 20.9 Å². The lowest BCUT2D eigenvalue weighted by atomic mass is 10.1. The van der Waals surface area contributed by atoms with Crippen LogP contribution in [-0.2, 0) is 0 Å². The van der Waals surface area contributed by atoms with Gasteiger partial charge in [0.05, 0.1) is 9.73 Å². The van der Waals surface area contributed by atoms with E-state index in [1.54, 1.807) is 23.1 Å². The fourth-order valence-corrected chi connectivity index (χ4v) is 5.21. The number of fused-ring (bicyclic) bond motifs is 3. The number of pyridine rings is 1. The van der Waals surface area contributed by atoms with E-state index in [2.05, 4.69) is 24.3 Å². The summed E-state index contributed by atoms with van der Waals surface area (Å²) in [6, 6.07) is 13.5. The van der Waals surface area contributed by atoms with Gasteiger partial charge in [0.2, 0.25) is 5.78 Å². The summed E-state index contributed by atoms with van der Waals surface area (Å²) < 4.78 is 3.27. The molecule has 0 bridgehead atoms. The minimum Gasteiger partial charge on any atom is -0.298 e. The molecule has 3 heterocycles. The van der Waals surface area contributed by atoms with Crippen LogP contribution in [0.1, 0.15) is 27.7 Å². The highest BCUT2D eigenvalue weighted by Crippen LogP contribution is 2.39. The first-order chi connectivity index (χ1) is 11.7. The molecule has 0 spiro atoms. The Hall–Kier alpha value is -2.11. The van der Waals surface area contributed by atoms with Gasteiger partial charge < -0.3 is 0 Å². The van der Waals surface area contributed by atoms with E-state index in [-0.39, 0.29) is 5.78 Å². The molecule has 0 aliphatic carbocycles. The molecule has 3 nitrogen and oxygen atoms in total. The highest BCUT2D eigenvalue weighted by atomic mass is 32.2. The normalized spacial score (nSPS) is 11.4. The molecule has 3 aromatic heterocycles. The van der Waals surface area contributed by atoms with Crippen molar-refractivity contribution in [1.29, 1.82) is 0 Å². The maximum absolute atomic E-state index is 13.0. The van der Waals surface area contributed by atoms with Gasteiger partial charge >= 0.3 is 0 Å². The average Bonchev–Trinajstić information content (AvgIpc) is 3.15. The van der Waals surface area contributed by atoms with Crippen molar-refractivity contribution in [3.05, 3.63) is 64.7 Å². The third-order valence-electron chi connectivity index (χ3n) is 3.97. The number of carbonyl (C=O) groups excluding carboxylic acids is 1. The van der Waals surface area contributed by atoms with Gasteiger partial charge in [-0.1, -0.05) is 43.3 Å². The zero-order valence-electron chi connectivity index (χ0n) is 13.4. The molecule has 0 aliphatic rings. The quantitative estimate of drug-likeness (QED) is 0.374. The molecular weight excluding hydrogens is 336 g/mol. The largest absolute Gasteiger partial charge is 0.298 e. The van der Waals surface area contributed by atoms with Crippen molar-refractivity contribution in [3.63, 3.8) is 0 Å². The molecule has 0 saturated heterocycles. The first kappa shape index (κ1) is 15.4. The summed E-state index contributed by atoms with van der Waals surface area (Å²) in [6.07, 6.45) is 2.03. The molecule has 0 amide bonds. The second kappa shape index (κ2) is 6.07. The Labute approximate surface area is 148 Å². The molecule has 0 aliphatic heterocycles. The summed E-state index contributed by atoms with van der Waals surface area (Å²) in [5, 5.41) is 0. The number of thiophene rings is 1. The Bertz CT molecular complexity index is 1050. The zero-order chi connectivity index (χ0) is 16.7. The van der Waals surface area contributed by atoms with E-state index in [4.69, 9.17) is 4.98 Å². The number of imidazole rings is 1. The topological polar surface area (TPSA) is 34.4 Å². The first-order valence-electron chi connectivity index (χ1n) is 7.83. The van der Waals surface area contributed by atoms with E-state index < -0.39 is 0 Å². The minimum atomic E-state index is 0.0506. The molecule has 0 fully saturated rings. The summed E-state index contributed by atoms with van der Waals surface area (Å²) in [4.78, 5) is 18.5. The maximum Gasteiger partial charge on any atom is 0.205 e. The molecular formula is C19H16N2OS2. The van der Waals surface area contributed by atoms with Crippen molar-refractivity contribution in [3.8, 4) is 0 Å². The molecule has 24 heavy (non-hydrogen) atoms.